The average molecular weight is 333 g/mol. The van der Waals surface area contributed by atoms with Crippen LogP contribution in [0.25, 0.3) is 0 Å². The first-order chi connectivity index (χ1) is 11.5. The summed E-state index contributed by atoms with van der Waals surface area (Å²) in [6.45, 7) is 10.6. The zero-order valence-electron chi connectivity index (χ0n) is 15.3. The maximum atomic E-state index is 5.90. The number of ether oxygens (including phenoxy) is 1. The molecule has 0 aromatic carbocycles. The fourth-order valence-electron chi connectivity index (χ4n) is 3.97. The van der Waals surface area contributed by atoms with Gasteiger partial charge in [0.25, 0.3) is 0 Å². The molecule has 5 nitrogen and oxygen atoms in total. The van der Waals surface area contributed by atoms with Crippen molar-refractivity contribution in [2.45, 2.75) is 65.1 Å². The fraction of sp³-hybridized carbons (Fsp3) is 0.737. The summed E-state index contributed by atoms with van der Waals surface area (Å²) in [5.74, 6) is 2.50. The molecule has 0 bridgehead atoms. The van der Waals surface area contributed by atoms with Gasteiger partial charge in [-0.15, -0.1) is 0 Å². The van der Waals surface area contributed by atoms with E-state index in [1.54, 1.807) is 6.26 Å². The SMILES string of the molecule is CCC(C)NC(=NCCc1ccco1)NC1C2CCOC2C1(C)C. The molecule has 5 heteroatoms. The van der Waals surface area contributed by atoms with E-state index in [-0.39, 0.29) is 5.41 Å². The maximum Gasteiger partial charge on any atom is 0.191 e. The number of hydrogen-bond acceptors (Lipinski definition) is 3. The molecule has 4 atom stereocenters. The Hall–Kier alpha value is -1.49. The van der Waals surface area contributed by atoms with Crippen molar-refractivity contribution >= 4 is 5.96 Å². The highest BCUT2D eigenvalue weighted by atomic mass is 16.5. The van der Waals surface area contributed by atoms with Crippen LogP contribution in [-0.4, -0.2) is 37.3 Å². The summed E-state index contributed by atoms with van der Waals surface area (Å²) >= 11 is 0. The van der Waals surface area contributed by atoms with Gasteiger partial charge in [0.05, 0.1) is 12.4 Å². The van der Waals surface area contributed by atoms with Gasteiger partial charge in [-0.05, 0) is 31.9 Å². The van der Waals surface area contributed by atoms with Crippen molar-refractivity contribution in [2.24, 2.45) is 16.3 Å². The molecule has 2 heterocycles. The lowest BCUT2D eigenvalue weighted by Crippen LogP contribution is -2.68. The molecule has 1 saturated heterocycles. The van der Waals surface area contributed by atoms with E-state index in [1.165, 1.54) is 0 Å². The van der Waals surface area contributed by atoms with E-state index >= 15 is 0 Å². The van der Waals surface area contributed by atoms with Gasteiger partial charge in [-0.2, -0.15) is 0 Å². The van der Waals surface area contributed by atoms with Crippen LogP contribution in [0.3, 0.4) is 0 Å². The van der Waals surface area contributed by atoms with Gasteiger partial charge < -0.3 is 19.8 Å². The minimum absolute atomic E-state index is 0.153. The van der Waals surface area contributed by atoms with Crippen LogP contribution in [0.4, 0.5) is 0 Å². The Labute approximate surface area is 145 Å². The van der Waals surface area contributed by atoms with Gasteiger partial charge in [-0.1, -0.05) is 20.8 Å². The van der Waals surface area contributed by atoms with Crippen molar-refractivity contribution in [3.63, 3.8) is 0 Å². The van der Waals surface area contributed by atoms with E-state index in [0.29, 0.717) is 24.1 Å². The lowest BCUT2D eigenvalue weighted by molar-refractivity contribution is -0.106. The van der Waals surface area contributed by atoms with Crippen molar-refractivity contribution in [1.29, 1.82) is 0 Å². The molecule has 24 heavy (non-hydrogen) atoms. The Morgan fingerprint density at radius 3 is 3.00 bits per heavy atom. The summed E-state index contributed by atoms with van der Waals surface area (Å²) in [5, 5.41) is 7.22. The molecule has 0 amide bonds. The minimum Gasteiger partial charge on any atom is -0.469 e. The van der Waals surface area contributed by atoms with Crippen molar-refractivity contribution in [3.05, 3.63) is 24.2 Å². The van der Waals surface area contributed by atoms with Gasteiger partial charge in [0, 0.05) is 43.0 Å². The van der Waals surface area contributed by atoms with Crippen LogP contribution in [0, 0.1) is 11.3 Å². The lowest BCUT2D eigenvalue weighted by Gasteiger charge is -2.55. The second-order valence-corrected chi connectivity index (χ2v) is 7.70. The molecule has 1 aliphatic heterocycles. The summed E-state index contributed by atoms with van der Waals surface area (Å²) in [6.07, 6.45) is 5.15. The maximum absolute atomic E-state index is 5.90. The highest BCUT2D eigenvalue weighted by molar-refractivity contribution is 5.80. The van der Waals surface area contributed by atoms with Gasteiger partial charge in [0.15, 0.2) is 5.96 Å². The number of guanidine groups is 1. The number of furan rings is 1. The van der Waals surface area contributed by atoms with Crippen molar-refractivity contribution in [3.8, 4) is 0 Å². The van der Waals surface area contributed by atoms with Crippen molar-refractivity contribution < 1.29 is 9.15 Å². The number of rotatable bonds is 6. The first-order valence-corrected chi connectivity index (χ1v) is 9.24. The summed E-state index contributed by atoms with van der Waals surface area (Å²) in [7, 11) is 0. The van der Waals surface area contributed by atoms with Crippen LogP contribution in [0.15, 0.2) is 27.8 Å². The van der Waals surface area contributed by atoms with Crippen LogP contribution in [-0.2, 0) is 11.2 Å². The van der Waals surface area contributed by atoms with Gasteiger partial charge in [0.2, 0.25) is 0 Å². The molecule has 134 valence electrons. The summed E-state index contributed by atoms with van der Waals surface area (Å²) < 4.78 is 11.3. The van der Waals surface area contributed by atoms with E-state index in [9.17, 15) is 0 Å². The Kier molecular flexibility index (Phi) is 5.18. The molecule has 1 aromatic heterocycles. The van der Waals surface area contributed by atoms with Gasteiger partial charge in [0.1, 0.15) is 5.76 Å². The second kappa shape index (κ2) is 7.18. The predicted octanol–water partition coefficient (Wildman–Crippen LogP) is 2.97. The Balaban J connectivity index is 1.63. The highest BCUT2D eigenvalue weighted by Crippen LogP contribution is 2.52. The third kappa shape index (κ3) is 3.46. The second-order valence-electron chi connectivity index (χ2n) is 7.70. The zero-order valence-corrected chi connectivity index (χ0v) is 15.3. The van der Waals surface area contributed by atoms with E-state index in [4.69, 9.17) is 14.1 Å². The topological polar surface area (TPSA) is 58.8 Å². The number of fused-ring (bicyclic) bond motifs is 1. The Morgan fingerprint density at radius 1 is 1.46 bits per heavy atom. The number of nitrogens with one attached hydrogen (secondary N) is 2. The van der Waals surface area contributed by atoms with Gasteiger partial charge in [-0.25, -0.2) is 0 Å². The Bertz CT molecular complexity index is 553. The number of nitrogens with zero attached hydrogens (tertiary/aromatic N) is 1. The Morgan fingerprint density at radius 2 is 2.29 bits per heavy atom. The first kappa shape index (κ1) is 17.3. The van der Waals surface area contributed by atoms with Crippen LogP contribution in [0.2, 0.25) is 0 Å². The smallest absolute Gasteiger partial charge is 0.191 e. The average Bonchev–Trinajstić information content (AvgIpc) is 3.22. The molecular formula is C19H31N3O2. The molecular weight excluding hydrogens is 302 g/mol. The van der Waals surface area contributed by atoms with E-state index in [2.05, 4.69) is 38.3 Å². The van der Waals surface area contributed by atoms with Crippen LogP contribution in [0.5, 0.6) is 0 Å². The molecule has 3 rings (SSSR count). The van der Waals surface area contributed by atoms with E-state index in [0.717, 1.165) is 44.1 Å². The molecule has 2 aliphatic rings. The van der Waals surface area contributed by atoms with Crippen LogP contribution < -0.4 is 10.6 Å². The number of hydrogen-bond donors (Lipinski definition) is 2. The predicted molar refractivity (Wildman–Crippen MR) is 96.2 cm³/mol. The third-order valence-electron chi connectivity index (χ3n) is 5.60. The van der Waals surface area contributed by atoms with Gasteiger partial charge >= 0.3 is 0 Å². The molecule has 4 unspecified atom stereocenters. The normalized spacial score (nSPS) is 29.7. The monoisotopic (exact) mass is 333 g/mol. The highest BCUT2D eigenvalue weighted by Gasteiger charge is 2.59. The molecule has 1 aliphatic carbocycles. The summed E-state index contributed by atoms with van der Waals surface area (Å²) in [6, 6.07) is 4.75. The largest absolute Gasteiger partial charge is 0.469 e. The van der Waals surface area contributed by atoms with E-state index in [1.807, 2.05) is 12.1 Å². The zero-order chi connectivity index (χ0) is 17.2. The van der Waals surface area contributed by atoms with Crippen molar-refractivity contribution in [2.75, 3.05) is 13.2 Å². The molecule has 2 N–H and O–H groups in total. The quantitative estimate of drug-likeness (QED) is 0.621. The van der Waals surface area contributed by atoms with E-state index < -0.39 is 0 Å². The molecule has 0 radical (unpaired) electrons. The molecule has 1 aromatic rings. The molecule has 2 fully saturated rings. The number of aliphatic imine (C=N–C) groups is 1. The van der Waals surface area contributed by atoms with Crippen LogP contribution >= 0.6 is 0 Å². The standard InChI is InChI=1S/C19H31N3O2/c1-5-13(2)21-18(20-10-8-14-7-6-11-23-14)22-16-15-9-12-24-17(15)19(16,3)4/h6-7,11,13,15-17H,5,8-10,12H2,1-4H3,(H2,20,21,22). The van der Waals surface area contributed by atoms with Crippen molar-refractivity contribution in [1.82, 2.24) is 10.6 Å². The van der Waals surface area contributed by atoms with Gasteiger partial charge in [-0.3, -0.25) is 4.99 Å². The third-order valence-corrected chi connectivity index (χ3v) is 5.60. The molecule has 0 spiro atoms. The van der Waals surface area contributed by atoms with Crippen LogP contribution in [0.1, 0.15) is 46.3 Å². The fourth-order valence-corrected chi connectivity index (χ4v) is 3.97. The lowest BCUT2D eigenvalue weighted by atomic mass is 9.57. The summed E-state index contributed by atoms with van der Waals surface area (Å²) in [4.78, 5) is 4.78. The summed E-state index contributed by atoms with van der Waals surface area (Å²) in [5.41, 5.74) is 0.153. The first-order valence-electron chi connectivity index (χ1n) is 9.24. The minimum atomic E-state index is 0.153. The molecule has 1 saturated carbocycles.